The second-order valence-corrected chi connectivity index (χ2v) is 8.32. The maximum absolute atomic E-state index is 6.15. The first-order valence-corrected chi connectivity index (χ1v) is 8.26. The highest BCUT2D eigenvalue weighted by Gasteiger charge is 2.40. The molecule has 2 aliphatic rings. The number of aromatic nitrogens is 1. The summed E-state index contributed by atoms with van der Waals surface area (Å²) in [6, 6.07) is 0. The van der Waals surface area contributed by atoms with E-state index in [4.69, 9.17) is 15.5 Å². The van der Waals surface area contributed by atoms with Crippen LogP contribution in [0.2, 0.25) is 0 Å². The second kappa shape index (κ2) is 4.68. The van der Waals surface area contributed by atoms with Gasteiger partial charge in [-0.05, 0) is 40.5 Å². The van der Waals surface area contributed by atoms with Crippen LogP contribution >= 0.6 is 11.3 Å². The van der Waals surface area contributed by atoms with Crippen LogP contribution in [0.1, 0.15) is 57.0 Å². The number of nitrogens with zero attached hydrogens (tertiary/aromatic N) is 2. The third-order valence-electron chi connectivity index (χ3n) is 3.83. The van der Waals surface area contributed by atoms with Crippen LogP contribution in [0.5, 0.6) is 0 Å². The van der Waals surface area contributed by atoms with Gasteiger partial charge in [-0.1, -0.05) is 0 Å². The molecule has 4 nitrogen and oxygen atoms in total. The summed E-state index contributed by atoms with van der Waals surface area (Å²) >= 11 is 1.77. The minimum Gasteiger partial charge on any atom is -0.366 e. The molecule has 1 aromatic rings. The van der Waals surface area contributed by atoms with Gasteiger partial charge in [0.25, 0.3) is 0 Å². The third kappa shape index (κ3) is 2.85. The van der Waals surface area contributed by atoms with Gasteiger partial charge in [-0.25, -0.2) is 4.98 Å². The largest absolute Gasteiger partial charge is 0.366 e. The summed E-state index contributed by atoms with van der Waals surface area (Å²) in [6.07, 6.45) is 2.55. The third-order valence-corrected chi connectivity index (χ3v) is 4.99. The fourth-order valence-corrected chi connectivity index (χ4v) is 4.25. The second-order valence-electron chi connectivity index (χ2n) is 7.26. The van der Waals surface area contributed by atoms with E-state index in [1.165, 1.54) is 23.4 Å². The smallest absolute Gasteiger partial charge is 0.186 e. The number of rotatable bonds is 3. The predicted molar refractivity (Wildman–Crippen MR) is 83.4 cm³/mol. The zero-order valence-electron chi connectivity index (χ0n) is 12.9. The van der Waals surface area contributed by atoms with E-state index in [-0.39, 0.29) is 11.2 Å². The molecule has 2 N–H and O–H groups in total. The first-order valence-electron chi connectivity index (χ1n) is 7.44. The van der Waals surface area contributed by atoms with Crippen molar-refractivity contribution in [3.05, 3.63) is 10.6 Å². The number of nitrogens with two attached hydrogens (primary N) is 1. The van der Waals surface area contributed by atoms with Gasteiger partial charge in [0.05, 0.1) is 16.9 Å². The molecule has 0 atom stereocenters. The van der Waals surface area contributed by atoms with Gasteiger partial charge < -0.3 is 15.4 Å². The Morgan fingerprint density at radius 2 is 1.85 bits per heavy atom. The summed E-state index contributed by atoms with van der Waals surface area (Å²) < 4.78 is 6.15. The number of hydrogen-bond donors (Lipinski definition) is 1. The molecule has 20 heavy (non-hydrogen) atoms. The molecular weight excluding hydrogens is 270 g/mol. The topological polar surface area (TPSA) is 51.4 Å². The van der Waals surface area contributed by atoms with Gasteiger partial charge in [0, 0.05) is 30.4 Å². The molecule has 1 aliphatic heterocycles. The van der Waals surface area contributed by atoms with Crippen molar-refractivity contribution < 1.29 is 4.74 Å². The van der Waals surface area contributed by atoms with Crippen LogP contribution < -0.4 is 10.6 Å². The Hall–Kier alpha value is -0.650. The lowest BCUT2D eigenvalue weighted by molar-refractivity contribution is -0.133. The molecule has 5 heteroatoms. The molecule has 3 rings (SSSR count). The van der Waals surface area contributed by atoms with Gasteiger partial charge >= 0.3 is 0 Å². The molecule has 1 aliphatic carbocycles. The standard InChI is InChI=1S/C15H25N3OS/c1-14(2)8-18(9-15(3,4)19-14)13-17-12(10-5-6-10)11(7-16)20-13/h10H,5-9,16H2,1-4H3. The summed E-state index contributed by atoms with van der Waals surface area (Å²) in [5, 5.41) is 1.12. The first kappa shape index (κ1) is 14.3. The average molecular weight is 295 g/mol. The van der Waals surface area contributed by atoms with Crippen LogP contribution in [0.4, 0.5) is 5.13 Å². The number of anilines is 1. The highest BCUT2D eigenvalue weighted by Crippen LogP contribution is 2.44. The number of hydrogen-bond acceptors (Lipinski definition) is 5. The number of morpholine rings is 1. The van der Waals surface area contributed by atoms with Gasteiger partial charge in [-0.15, -0.1) is 11.3 Å². The van der Waals surface area contributed by atoms with E-state index in [0.29, 0.717) is 12.5 Å². The Bertz CT molecular complexity index is 489. The Morgan fingerprint density at radius 1 is 1.25 bits per heavy atom. The van der Waals surface area contributed by atoms with E-state index in [9.17, 15) is 0 Å². The maximum Gasteiger partial charge on any atom is 0.186 e. The molecule has 0 unspecified atom stereocenters. The summed E-state index contributed by atoms with van der Waals surface area (Å²) in [6.45, 7) is 11.0. The average Bonchev–Trinajstić information content (AvgIpc) is 3.04. The predicted octanol–water partition coefficient (Wildman–Crippen LogP) is 2.87. The van der Waals surface area contributed by atoms with Crippen LogP contribution in [-0.2, 0) is 11.3 Å². The lowest BCUT2D eigenvalue weighted by atomic mass is 9.99. The van der Waals surface area contributed by atoms with Crippen molar-refractivity contribution in [2.75, 3.05) is 18.0 Å². The van der Waals surface area contributed by atoms with Crippen LogP contribution in [0.15, 0.2) is 0 Å². The normalized spacial score (nSPS) is 24.9. The summed E-state index contributed by atoms with van der Waals surface area (Å²) in [7, 11) is 0. The van der Waals surface area contributed by atoms with Gasteiger partial charge in [-0.3, -0.25) is 0 Å². The Balaban J connectivity index is 1.88. The molecule has 2 fully saturated rings. The molecule has 112 valence electrons. The number of thiazole rings is 1. The molecule has 1 saturated carbocycles. The van der Waals surface area contributed by atoms with Crippen molar-refractivity contribution in [3.8, 4) is 0 Å². The van der Waals surface area contributed by atoms with Crippen molar-refractivity contribution in [2.24, 2.45) is 5.73 Å². The first-order chi connectivity index (χ1) is 9.30. The summed E-state index contributed by atoms with van der Waals surface area (Å²) in [5.41, 5.74) is 6.87. The molecule has 0 spiro atoms. The van der Waals surface area contributed by atoms with Crippen molar-refractivity contribution >= 4 is 16.5 Å². The molecule has 0 bridgehead atoms. The van der Waals surface area contributed by atoms with E-state index < -0.39 is 0 Å². The Labute approximate surface area is 125 Å². The Morgan fingerprint density at radius 3 is 2.35 bits per heavy atom. The van der Waals surface area contributed by atoms with E-state index in [2.05, 4.69) is 32.6 Å². The molecule has 1 saturated heterocycles. The molecule has 2 heterocycles. The molecule has 0 radical (unpaired) electrons. The molecule has 0 aromatic carbocycles. The van der Waals surface area contributed by atoms with Crippen LogP contribution in [0, 0.1) is 0 Å². The SMILES string of the molecule is CC1(C)CN(c2nc(C3CC3)c(CN)s2)CC(C)(C)O1. The summed E-state index contributed by atoms with van der Waals surface area (Å²) in [4.78, 5) is 8.55. The van der Waals surface area contributed by atoms with Gasteiger partial charge in [-0.2, -0.15) is 0 Å². The molecular formula is C15H25N3OS. The molecule has 1 aromatic heterocycles. The van der Waals surface area contributed by atoms with Crippen molar-refractivity contribution in [1.29, 1.82) is 0 Å². The van der Waals surface area contributed by atoms with E-state index in [1.807, 2.05) is 0 Å². The lowest BCUT2D eigenvalue weighted by Gasteiger charge is -2.47. The minimum atomic E-state index is -0.143. The Kier molecular flexibility index (Phi) is 3.35. The van der Waals surface area contributed by atoms with Crippen LogP contribution in [0.3, 0.4) is 0 Å². The zero-order valence-corrected chi connectivity index (χ0v) is 13.7. The van der Waals surface area contributed by atoms with E-state index in [0.717, 1.165) is 18.2 Å². The monoisotopic (exact) mass is 295 g/mol. The quantitative estimate of drug-likeness (QED) is 0.931. The van der Waals surface area contributed by atoms with Gasteiger partial charge in [0.1, 0.15) is 0 Å². The van der Waals surface area contributed by atoms with E-state index >= 15 is 0 Å². The number of ether oxygens (including phenoxy) is 1. The maximum atomic E-state index is 6.15. The van der Waals surface area contributed by atoms with Crippen LogP contribution in [-0.4, -0.2) is 29.3 Å². The fourth-order valence-electron chi connectivity index (χ4n) is 3.23. The van der Waals surface area contributed by atoms with E-state index in [1.54, 1.807) is 11.3 Å². The molecule has 0 amide bonds. The lowest BCUT2D eigenvalue weighted by Crippen LogP contribution is -2.57. The van der Waals surface area contributed by atoms with Crippen molar-refractivity contribution in [3.63, 3.8) is 0 Å². The fraction of sp³-hybridized carbons (Fsp3) is 0.800. The highest BCUT2D eigenvalue weighted by molar-refractivity contribution is 7.15. The van der Waals surface area contributed by atoms with Crippen molar-refractivity contribution in [1.82, 2.24) is 4.98 Å². The van der Waals surface area contributed by atoms with Gasteiger partial charge in [0.2, 0.25) is 0 Å². The highest BCUT2D eigenvalue weighted by atomic mass is 32.1. The zero-order chi connectivity index (χ0) is 14.5. The summed E-state index contributed by atoms with van der Waals surface area (Å²) in [5.74, 6) is 0.667. The van der Waals surface area contributed by atoms with Crippen LogP contribution in [0.25, 0.3) is 0 Å². The minimum absolute atomic E-state index is 0.143. The van der Waals surface area contributed by atoms with Gasteiger partial charge in [0.15, 0.2) is 5.13 Å². The van der Waals surface area contributed by atoms with Crippen molar-refractivity contribution in [2.45, 2.75) is 64.2 Å².